The molecule has 0 atom stereocenters. The number of carbonyl (C=O) groups excluding carboxylic acids is 1. The zero-order valence-corrected chi connectivity index (χ0v) is 7.37. The highest BCUT2D eigenvalue weighted by atomic mass is 16.5. The lowest BCUT2D eigenvalue weighted by atomic mass is 10.1. The van der Waals surface area contributed by atoms with E-state index in [-0.39, 0.29) is 5.56 Å². The Morgan fingerprint density at radius 1 is 1.62 bits per heavy atom. The SMILES string of the molecule is COC(=O)c1c(C)cncc1C#N. The molecule has 4 nitrogen and oxygen atoms in total. The number of nitrogens with zero attached hydrogens (tertiary/aromatic N) is 2. The van der Waals surface area contributed by atoms with E-state index in [2.05, 4.69) is 9.72 Å². The Bertz CT molecular complexity index is 380. The van der Waals surface area contributed by atoms with Crippen LogP contribution in [0.5, 0.6) is 0 Å². The van der Waals surface area contributed by atoms with Gasteiger partial charge in [0.25, 0.3) is 0 Å². The van der Waals surface area contributed by atoms with Crippen LogP contribution in [-0.2, 0) is 4.74 Å². The van der Waals surface area contributed by atoms with Gasteiger partial charge in [-0.1, -0.05) is 0 Å². The van der Waals surface area contributed by atoms with Crippen LogP contribution in [0.2, 0.25) is 0 Å². The molecule has 0 aliphatic carbocycles. The number of hydrogen-bond donors (Lipinski definition) is 0. The smallest absolute Gasteiger partial charge is 0.339 e. The number of carbonyl (C=O) groups is 1. The Labute approximate surface area is 75.8 Å². The molecule has 1 rings (SSSR count). The number of esters is 1. The topological polar surface area (TPSA) is 63.0 Å². The van der Waals surface area contributed by atoms with Crippen molar-refractivity contribution >= 4 is 5.97 Å². The van der Waals surface area contributed by atoms with Crippen LogP contribution in [0.25, 0.3) is 0 Å². The predicted molar refractivity (Wildman–Crippen MR) is 45.0 cm³/mol. The summed E-state index contributed by atoms with van der Waals surface area (Å²) in [5, 5.41) is 8.69. The first-order valence-electron chi connectivity index (χ1n) is 3.63. The van der Waals surface area contributed by atoms with Crippen LogP contribution in [0.1, 0.15) is 21.5 Å². The van der Waals surface area contributed by atoms with E-state index in [9.17, 15) is 4.79 Å². The minimum Gasteiger partial charge on any atom is -0.465 e. The van der Waals surface area contributed by atoms with Crippen molar-refractivity contribution in [1.29, 1.82) is 5.26 Å². The number of ether oxygens (including phenoxy) is 1. The molecular weight excluding hydrogens is 168 g/mol. The minimum absolute atomic E-state index is 0.242. The Kier molecular flexibility index (Phi) is 2.60. The highest BCUT2D eigenvalue weighted by molar-refractivity contribution is 5.93. The number of nitriles is 1. The molecule has 1 heterocycles. The van der Waals surface area contributed by atoms with Crippen LogP contribution in [-0.4, -0.2) is 18.1 Å². The van der Waals surface area contributed by atoms with Crippen molar-refractivity contribution in [2.45, 2.75) is 6.92 Å². The van der Waals surface area contributed by atoms with Crippen LogP contribution >= 0.6 is 0 Å². The highest BCUT2D eigenvalue weighted by Gasteiger charge is 2.14. The molecule has 0 saturated heterocycles. The molecule has 66 valence electrons. The third-order valence-corrected chi connectivity index (χ3v) is 1.65. The fourth-order valence-corrected chi connectivity index (χ4v) is 1.02. The largest absolute Gasteiger partial charge is 0.465 e. The van der Waals surface area contributed by atoms with Gasteiger partial charge in [-0.15, -0.1) is 0 Å². The van der Waals surface area contributed by atoms with Gasteiger partial charge in [0, 0.05) is 12.4 Å². The lowest BCUT2D eigenvalue weighted by Gasteiger charge is -2.03. The Morgan fingerprint density at radius 3 is 2.85 bits per heavy atom. The van der Waals surface area contributed by atoms with Crippen LogP contribution < -0.4 is 0 Å². The molecular formula is C9H8N2O2. The van der Waals surface area contributed by atoms with E-state index in [4.69, 9.17) is 5.26 Å². The molecule has 0 amide bonds. The van der Waals surface area contributed by atoms with Crippen molar-refractivity contribution in [2.24, 2.45) is 0 Å². The van der Waals surface area contributed by atoms with E-state index in [1.54, 1.807) is 6.92 Å². The molecule has 0 saturated carbocycles. The van der Waals surface area contributed by atoms with Crippen molar-refractivity contribution < 1.29 is 9.53 Å². The lowest BCUT2D eigenvalue weighted by molar-refractivity contribution is 0.0599. The summed E-state index contributed by atoms with van der Waals surface area (Å²) in [5.41, 5.74) is 1.18. The first-order valence-corrected chi connectivity index (χ1v) is 3.63. The van der Waals surface area contributed by atoms with E-state index < -0.39 is 5.97 Å². The second kappa shape index (κ2) is 3.68. The van der Waals surface area contributed by atoms with Crippen molar-refractivity contribution in [1.82, 2.24) is 4.98 Å². The van der Waals surface area contributed by atoms with Gasteiger partial charge in [-0.05, 0) is 12.5 Å². The average molecular weight is 176 g/mol. The van der Waals surface area contributed by atoms with E-state index >= 15 is 0 Å². The quantitative estimate of drug-likeness (QED) is 0.600. The standard InChI is InChI=1S/C9H8N2O2/c1-6-4-11-5-7(3-10)8(6)9(12)13-2/h4-5H,1-2H3. The normalized spacial score (nSPS) is 9.00. The minimum atomic E-state index is -0.503. The summed E-state index contributed by atoms with van der Waals surface area (Å²) in [6.45, 7) is 1.71. The number of pyridine rings is 1. The highest BCUT2D eigenvalue weighted by Crippen LogP contribution is 2.12. The third kappa shape index (κ3) is 1.64. The molecule has 1 aromatic rings. The van der Waals surface area contributed by atoms with Crippen molar-refractivity contribution in [2.75, 3.05) is 7.11 Å². The molecule has 0 fully saturated rings. The van der Waals surface area contributed by atoms with Crippen molar-refractivity contribution in [3.05, 3.63) is 29.1 Å². The van der Waals surface area contributed by atoms with Crippen LogP contribution in [0, 0.1) is 18.3 Å². The lowest BCUT2D eigenvalue weighted by Crippen LogP contribution is -2.07. The number of aryl methyl sites for hydroxylation is 1. The van der Waals surface area contributed by atoms with E-state index in [0.717, 1.165) is 0 Å². The van der Waals surface area contributed by atoms with Gasteiger partial charge in [0.05, 0.1) is 18.2 Å². The summed E-state index contributed by atoms with van der Waals surface area (Å²) in [6, 6.07) is 1.89. The zero-order chi connectivity index (χ0) is 9.84. The zero-order valence-electron chi connectivity index (χ0n) is 7.37. The molecule has 13 heavy (non-hydrogen) atoms. The first kappa shape index (κ1) is 9.20. The van der Waals surface area contributed by atoms with E-state index in [0.29, 0.717) is 11.1 Å². The van der Waals surface area contributed by atoms with Gasteiger partial charge in [-0.25, -0.2) is 4.79 Å². The van der Waals surface area contributed by atoms with Crippen LogP contribution in [0.15, 0.2) is 12.4 Å². The monoisotopic (exact) mass is 176 g/mol. The molecule has 0 aromatic carbocycles. The summed E-state index contributed by atoms with van der Waals surface area (Å²) in [7, 11) is 1.28. The Morgan fingerprint density at radius 2 is 2.31 bits per heavy atom. The fraction of sp³-hybridized carbons (Fsp3) is 0.222. The van der Waals surface area contributed by atoms with E-state index in [1.165, 1.54) is 19.5 Å². The van der Waals surface area contributed by atoms with Gasteiger partial charge in [-0.2, -0.15) is 5.26 Å². The molecule has 0 N–H and O–H groups in total. The average Bonchev–Trinajstić information content (AvgIpc) is 2.16. The number of hydrogen-bond acceptors (Lipinski definition) is 4. The molecule has 4 heteroatoms. The van der Waals surface area contributed by atoms with Gasteiger partial charge in [0.1, 0.15) is 6.07 Å². The van der Waals surface area contributed by atoms with Gasteiger partial charge in [0.15, 0.2) is 0 Å². The fourth-order valence-electron chi connectivity index (χ4n) is 1.02. The summed E-state index contributed by atoms with van der Waals surface area (Å²) in [6.07, 6.45) is 2.87. The maximum absolute atomic E-state index is 11.2. The van der Waals surface area contributed by atoms with Gasteiger partial charge in [0.2, 0.25) is 0 Å². The molecule has 0 unspecified atom stereocenters. The number of methoxy groups -OCH3 is 1. The summed E-state index contributed by atoms with van der Waals surface area (Å²) in [4.78, 5) is 15.0. The van der Waals surface area contributed by atoms with Gasteiger partial charge < -0.3 is 4.74 Å². The van der Waals surface area contributed by atoms with Crippen LogP contribution in [0.4, 0.5) is 0 Å². The predicted octanol–water partition coefficient (Wildman–Crippen LogP) is 1.05. The second-order valence-corrected chi connectivity index (χ2v) is 2.48. The molecule has 0 bridgehead atoms. The molecule has 0 radical (unpaired) electrons. The second-order valence-electron chi connectivity index (χ2n) is 2.48. The van der Waals surface area contributed by atoms with Crippen LogP contribution in [0.3, 0.4) is 0 Å². The summed E-state index contributed by atoms with van der Waals surface area (Å²) in [5.74, 6) is -0.503. The molecule has 0 aliphatic rings. The molecule has 0 spiro atoms. The Balaban J connectivity index is 3.33. The summed E-state index contributed by atoms with van der Waals surface area (Å²) >= 11 is 0. The third-order valence-electron chi connectivity index (χ3n) is 1.65. The van der Waals surface area contributed by atoms with Crippen molar-refractivity contribution in [3.63, 3.8) is 0 Å². The van der Waals surface area contributed by atoms with Gasteiger partial charge in [-0.3, -0.25) is 4.98 Å². The van der Waals surface area contributed by atoms with E-state index in [1.807, 2.05) is 6.07 Å². The summed E-state index contributed by atoms with van der Waals surface area (Å²) < 4.78 is 4.54. The van der Waals surface area contributed by atoms with Gasteiger partial charge >= 0.3 is 5.97 Å². The Hall–Kier alpha value is -1.89. The maximum Gasteiger partial charge on any atom is 0.339 e. The maximum atomic E-state index is 11.2. The number of aromatic nitrogens is 1. The number of rotatable bonds is 1. The van der Waals surface area contributed by atoms with Crippen molar-refractivity contribution in [3.8, 4) is 6.07 Å². The molecule has 0 aliphatic heterocycles. The molecule has 1 aromatic heterocycles. The first-order chi connectivity index (χ1) is 6.20.